The zero-order valence-electron chi connectivity index (χ0n) is 13.1. The first kappa shape index (κ1) is 17.1. The Morgan fingerprint density at radius 3 is 2.45 bits per heavy atom. The van der Waals surface area contributed by atoms with E-state index in [-0.39, 0.29) is 11.9 Å². The monoisotopic (exact) mass is 281 g/mol. The van der Waals surface area contributed by atoms with E-state index < -0.39 is 5.60 Å². The molecule has 0 unspecified atom stereocenters. The molecule has 0 saturated carbocycles. The summed E-state index contributed by atoms with van der Waals surface area (Å²) in [5.74, 6) is -0.129. The fraction of sp³-hybridized carbons (Fsp3) is 0.647. The summed E-state index contributed by atoms with van der Waals surface area (Å²) in [7, 11) is 0. The Kier molecular flexibility index (Phi) is 6.63. The van der Waals surface area contributed by atoms with Crippen LogP contribution in [0.3, 0.4) is 0 Å². The quantitative estimate of drug-likeness (QED) is 0.762. The van der Waals surface area contributed by atoms with Crippen LogP contribution in [0.1, 0.15) is 52.5 Å². The minimum Gasteiger partial charge on any atom is -0.390 e. The fourth-order valence-corrected chi connectivity index (χ4v) is 2.46. The highest BCUT2D eigenvalue weighted by Crippen LogP contribution is 2.14. The fourth-order valence-electron chi connectivity index (χ4n) is 2.46. The van der Waals surface area contributed by atoms with E-state index in [0.717, 1.165) is 24.8 Å². The van der Waals surface area contributed by atoms with Crippen molar-refractivity contribution in [3.63, 3.8) is 0 Å². The highest BCUT2D eigenvalue weighted by Gasteiger charge is 2.14. The first-order valence-electron chi connectivity index (χ1n) is 7.50. The van der Waals surface area contributed by atoms with Crippen molar-refractivity contribution in [2.24, 2.45) is 0 Å². The van der Waals surface area contributed by atoms with Gasteiger partial charge in [0.15, 0.2) is 0 Å². The molecule has 0 amide bonds. The van der Waals surface area contributed by atoms with Gasteiger partial charge in [-0.3, -0.25) is 0 Å². The maximum atomic E-state index is 13.6. The SMILES string of the molecule is C[C@H](CCCC(C)(C)O)N[C@@H](C)Cc1ccccc1F. The summed E-state index contributed by atoms with van der Waals surface area (Å²) in [6.07, 6.45) is 3.51. The normalized spacial score (nSPS) is 15.1. The predicted octanol–water partition coefficient (Wildman–Crippen LogP) is 3.68. The molecule has 0 saturated heterocycles. The van der Waals surface area contributed by atoms with Gasteiger partial charge in [-0.25, -0.2) is 4.39 Å². The van der Waals surface area contributed by atoms with Gasteiger partial charge in [0.25, 0.3) is 0 Å². The molecule has 0 aromatic heterocycles. The Bertz CT molecular complexity index is 400. The average molecular weight is 281 g/mol. The molecule has 0 spiro atoms. The summed E-state index contributed by atoms with van der Waals surface area (Å²) in [4.78, 5) is 0. The van der Waals surface area contributed by atoms with E-state index >= 15 is 0 Å². The van der Waals surface area contributed by atoms with E-state index in [9.17, 15) is 9.50 Å². The molecule has 0 heterocycles. The zero-order valence-corrected chi connectivity index (χ0v) is 13.1. The number of rotatable bonds is 8. The van der Waals surface area contributed by atoms with E-state index in [0.29, 0.717) is 12.5 Å². The summed E-state index contributed by atoms with van der Waals surface area (Å²) in [5, 5.41) is 13.2. The van der Waals surface area contributed by atoms with Crippen LogP contribution in [0.2, 0.25) is 0 Å². The Morgan fingerprint density at radius 2 is 1.85 bits per heavy atom. The molecule has 0 aliphatic heterocycles. The molecule has 114 valence electrons. The second-order valence-corrected chi connectivity index (χ2v) is 6.47. The average Bonchev–Trinajstić information content (AvgIpc) is 2.30. The first-order valence-corrected chi connectivity index (χ1v) is 7.50. The summed E-state index contributed by atoms with van der Waals surface area (Å²) in [6.45, 7) is 7.90. The van der Waals surface area contributed by atoms with Crippen LogP contribution in [0.4, 0.5) is 4.39 Å². The number of hydrogen-bond donors (Lipinski definition) is 2. The number of nitrogens with one attached hydrogen (secondary N) is 1. The Labute approximate surface area is 122 Å². The molecule has 1 aromatic rings. The second-order valence-electron chi connectivity index (χ2n) is 6.47. The lowest BCUT2D eigenvalue weighted by atomic mass is 9.99. The van der Waals surface area contributed by atoms with Crippen molar-refractivity contribution >= 4 is 0 Å². The van der Waals surface area contributed by atoms with Crippen LogP contribution in [0.15, 0.2) is 24.3 Å². The van der Waals surface area contributed by atoms with Gasteiger partial charge in [-0.2, -0.15) is 0 Å². The van der Waals surface area contributed by atoms with Crippen LogP contribution >= 0.6 is 0 Å². The van der Waals surface area contributed by atoms with Gasteiger partial charge in [-0.15, -0.1) is 0 Å². The summed E-state index contributed by atoms with van der Waals surface area (Å²) in [5.41, 5.74) is 0.176. The molecule has 2 N–H and O–H groups in total. The molecule has 0 fully saturated rings. The van der Waals surface area contributed by atoms with Gasteiger partial charge in [0.05, 0.1) is 5.60 Å². The van der Waals surface area contributed by atoms with Gasteiger partial charge < -0.3 is 10.4 Å². The predicted molar refractivity (Wildman–Crippen MR) is 82.3 cm³/mol. The van der Waals surface area contributed by atoms with Crippen molar-refractivity contribution in [3.05, 3.63) is 35.6 Å². The number of benzene rings is 1. The van der Waals surface area contributed by atoms with Crippen LogP contribution in [0.5, 0.6) is 0 Å². The number of halogens is 1. The first-order chi connectivity index (χ1) is 9.28. The third kappa shape index (κ3) is 7.01. The number of hydrogen-bond acceptors (Lipinski definition) is 2. The van der Waals surface area contributed by atoms with E-state index in [1.54, 1.807) is 6.07 Å². The summed E-state index contributed by atoms with van der Waals surface area (Å²) >= 11 is 0. The van der Waals surface area contributed by atoms with Gasteiger partial charge in [0.1, 0.15) is 5.82 Å². The largest absolute Gasteiger partial charge is 0.390 e. The molecule has 0 aliphatic carbocycles. The lowest BCUT2D eigenvalue weighted by molar-refractivity contribution is 0.0674. The molecule has 1 aromatic carbocycles. The molecular weight excluding hydrogens is 253 g/mol. The van der Waals surface area contributed by atoms with Crippen LogP contribution in [-0.4, -0.2) is 22.8 Å². The lowest BCUT2D eigenvalue weighted by Gasteiger charge is -2.22. The Morgan fingerprint density at radius 1 is 1.20 bits per heavy atom. The van der Waals surface area contributed by atoms with Gasteiger partial charge in [-0.05, 0) is 65.0 Å². The maximum absolute atomic E-state index is 13.6. The zero-order chi connectivity index (χ0) is 15.2. The van der Waals surface area contributed by atoms with E-state index in [1.165, 1.54) is 6.07 Å². The third-order valence-electron chi connectivity index (χ3n) is 3.48. The molecule has 0 radical (unpaired) electrons. The van der Waals surface area contributed by atoms with E-state index in [4.69, 9.17) is 0 Å². The molecule has 2 atom stereocenters. The Hall–Kier alpha value is -0.930. The minimum absolute atomic E-state index is 0.129. The lowest BCUT2D eigenvalue weighted by Crippen LogP contribution is -2.36. The van der Waals surface area contributed by atoms with Crippen LogP contribution in [0, 0.1) is 5.82 Å². The van der Waals surface area contributed by atoms with Crippen molar-refractivity contribution in [2.45, 2.75) is 71.1 Å². The molecule has 1 rings (SSSR count). The van der Waals surface area contributed by atoms with Crippen molar-refractivity contribution in [3.8, 4) is 0 Å². The van der Waals surface area contributed by atoms with Crippen LogP contribution in [0.25, 0.3) is 0 Å². The maximum Gasteiger partial charge on any atom is 0.126 e. The number of aliphatic hydroxyl groups is 1. The van der Waals surface area contributed by atoms with Crippen LogP contribution in [-0.2, 0) is 6.42 Å². The van der Waals surface area contributed by atoms with Gasteiger partial charge in [0.2, 0.25) is 0 Å². The van der Waals surface area contributed by atoms with Crippen molar-refractivity contribution < 1.29 is 9.50 Å². The topological polar surface area (TPSA) is 32.3 Å². The standard InChI is InChI=1S/C17H28FNO/c1-13(8-7-11-17(3,4)20)19-14(2)12-15-9-5-6-10-16(15)18/h5-6,9-10,13-14,19-20H,7-8,11-12H2,1-4H3/t13-,14+/m1/s1. The van der Waals surface area contributed by atoms with Gasteiger partial charge in [0, 0.05) is 12.1 Å². The van der Waals surface area contributed by atoms with Crippen molar-refractivity contribution in [1.82, 2.24) is 5.32 Å². The van der Waals surface area contributed by atoms with Gasteiger partial charge >= 0.3 is 0 Å². The van der Waals surface area contributed by atoms with E-state index in [2.05, 4.69) is 19.2 Å². The molecule has 20 heavy (non-hydrogen) atoms. The second kappa shape index (κ2) is 7.75. The smallest absolute Gasteiger partial charge is 0.126 e. The minimum atomic E-state index is -0.585. The van der Waals surface area contributed by atoms with Gasteiger partial charge in [-0.1, -0.05) is 18.2 Å². The summed E-state index contributed by atoms with van der Waals surface area (Å²) in [6, 6.07) is 7.55. The van der Waals surface area contributed by atoms with E-state index in [1.807, 2.05) is 26.0 Å². The van der Waals surface area contributed by atoms with Crippen molar-refractivity contribution in [1.29, 1.82) is 0 Å². The highest BCUT2D eigenvalue weighted by atomic mass is 19.1. The van der Waals surface area contributed by atoms with Crippen molar-refractivity contribution in [2.75, 3.05) is 0 Å². The third-order valence-corrected chi connectivity index (χ3v) is 3.48. The molecule has 0 bridgehead atoms. The molecule has 2 nitrogen and oxygen atoms in total. The Balaban J connectivity index is 2.31. The summed E-state index contributed by atoms with van der Waals surface area (Å²) < 4.78 is 13.6. The molecular formula is C17H28FNO. The molecule has 0 aliphatic rings. The molecule has 3 heteroatoms. The van der Waals surface area contributed by atoms with Crippen LogP contribution < -0.4 is 5.32 Å². The highest BCUT2D eigenvalue weighted by molar-refractivity contribution is 5.18.